The molecule has 0 saturated heterocycles. The van der Waals surface area contributed by atoms with E-state index in [1.54, 1.807) is 0 Å². The Morgan fingerprint density at radius 3 is 2.35 bits per heavy atom. The normalized spacial score (nSPS) is 12.2. The number of carboxylic acid groups (broad SMARTS) is 1. The van der Waals surface area contributed by atoms with Crippen molar-refractivity contribution in [1.82, 2.24) is 0 Å². The molecule has 0 heterocycles. The number of aromatic hydroxyl groups is 2. The van der Waals surface area contributed by atoms with Gasteiger partial charge in [-0.05, 0) is 41.0 Å². The molecule has 3 rings (SSSR count). The lowest BCUT2D eigenvalue weighted by Gasteiger charge is -2.16. The lowest BCUT2D eigenvalue weighted by molar-refractivity contribution is -0.138. The standard InChI is InChI=1S/C19H16O4/c1-11(19(22)23)16-9-15(20)10-17(21)18(16)14-7-6-12-4-2-3-5-13(12)8-14/h2-11,20-21H,1H3,(H,22,23). The Bertz CT molecular complexity index is 899. The molecule has 1 atom stereocenters. The Labute approximate surface area is 133 Å². The van der Waals surface area contributed by atoms with Crippen LogP contribution in [0, 0.1) is 0 Å². The Morgan fingerprint density at radius 2 is 1.65 bits per heavy atom. The summed E-state index contributed by atoms with van der Waals surface area (Å²) in [6.07, 6.45) is 0. The number of hydrogen-bond donors (Lipinski definition) is 3. The maximum atomic E-state index is 11.4. The molecule has 3 N–H and O–H groups in total. The Balaban J connectivity index is 2.26. The summed E-state index contributed by atoms with van der Waals surface area (Å²) in [6, 6.07) is 16.1. The number of benzene rings is 3. The summed E-state index contributed by atoms with van der Waals surface area (Å²) in [6.45, 7) is 1.53. The van der Waals surface area contributed by atoms with Crippen LogP contribution in [0.15, 0.2) is 54.6 Å². The van der Waals surface area contributed by atoms with Gasteiger partial charge in [0.15, 0.2) is 0 Å². The van der Waals surface area contributed by atoms with E-state index in [1.165, 1.54) is 19.1 Å². The molecule has 0 fully saturated rings. The van der Waals surface area contributed by atoms with Crippen molar-refractivity contribution in [2.45, 2.75) is 12.8 Å². The minimum atomic E-state index is -1.02. The second-order valence-corrected chi connectivity index (χ2v) is 5.55. The molecule has 3 aromatic rings. The van der Waals surface area contributed by atoms with Crippen LogP contribution in [0.5, 0.6) is 11.5 Å². The van der Waals surface area contributed by atoms with Gasteiger partial charge in [0, 0.05) is 11.6 Å². The van der Waals surface area contributed by atoms with E-state index in [0.717, 1.165) is 10.8 Å². The summed E-state index contributed by atoms with van der Waals surface area (Å²) < 4.78 is 0. The number of aliphatic carboxylic acids is 1. The van der Waals surface area contributed by atoms with Gasteiger partial charge in [0.25, 0.3) is 0 Å². The number of carboxylic acids is 1. The van der Waals surface area contributed by atoms with Crippen LogP contribution in [-0.4, -0.2) is 21.3 Å². The Hall–Kier alpha value is -3.01. The van der Waals surface area contributed by atoms with E-state index in [4.69, 9.17) is 0 Å². The van der Waals surface area contributed by atoms with Crippen molar-refractivity contribution in [1.29, 1.82) is 0 Å². The fraction of sp³-hybridized carbons (Fsp3) is 0.105. The SMILES string of the molecule is CC(C(=O)O)c1cc(O)cc(O)c1-c1ccc2ccccc2c1. The first-order valence-electron chi connectivity index (χ1n) is 7.25. The van der Waals surface area contributed by atoms with Crippen LogP contribution in [0.25, 0.3) is 21.9 Å². The summed E-state index contributed by atoms with van der Waals surface area (Å²) in [4.78, 5) is 11.4. The molecule has 0 aliphatic carbocycles. The number of hydrogen-bond acceptors (Lipinski definition) is 3. The topological polar surface area (TPSA) is 77.8 Å². The highest BCUT2D eigenvalue weighted by Gasteiger charge is 2.22. The summed E-state index contributed by atoms with van der Waals surface area (Å²) in [5.74, 6) is -2.16. The largest absolute Gasteiger partial charge is 0.508 e. The highest BCUT2D eigenvalue weighted by molar-refractivity contribution is 5.90. The molecule has 0 aromatic heterocycles. The molecule has 0 radical (unpaired) electrons. The lowest BCUT2D eigenvalue weighted by Crippen LogP contribution is -2.08. The van der Waals surface area contributed by atoms with Crippen molar-refractivity contribution in [2.75, 3.05) is 0 Å². The average molecular weight is 308 g/mol. The van der Waals surface area contributed by atoms with E-state index >= 15 is 0 Å². The predicted molar refractivity (Wildman–Crippen MR) is 88.8 cm³/mol. The summed E-state index contributed by atoms with van der Waals surface area (Å²) in [5, 5.41) is 31.3. The van der Waals surface area contributed by atoms with Crippen molar-refractivity contribution in [3.63, 3.8) is 0 Å². The first-order chi connectivity index (χ1) is 11.0. The smallest absolute Gasteiger partial charge is 0.310 e. The number of fused-ring (bicyclic) bond motifs is 1. The second kappa shape index (κ2) is 5.65. The molecule has 4 nitrogen and oxygen atoms in total. The van der Waals surface area contributed by atoms with Crippen molar-refractivity contribution >= 4 is 16.7 Å². The maximum Gasteiger partial charge on any atom is 0.310 e. The fourth-order valence-electron chi connectivity index (χ4n) is 2.77. The van der Waals surface area contributed by atoms with Gasteiger partial charge in [0.1, 0.15) is 11.5 Å². The molecule has 116 valence electrons. The zero-order chi connectivity index (χ0) is 16.6. The van der Waals surface area contributed by atoms with Crippen molar-refractivity contribution < 1.29 is 20.1 Å². The summed E-state index contributed by atoms with van der Waals surface area (Å²) in [7, 11) is 0. The van der Waals surface area contributed by atoms with E-state index in [2.05, 4.69) is 0 Å². The minimum Gasteiger partial charge on any atom is -0.508 e. The van der Waals surface area contributed by atoms with Gasteiger partial charge in [-0.3, -0.25) is 4.79 Å². The molecule has 4 heteroatoms. The molecule has 3 aromatic carbocycles. The third-order valence-electron chi connectivity index (χ3n) is 4.01. The maximum absolute atomic E-state index is 11.4. The number of rotatable bonds is 3. The summed E-state index contributed by atoms with van der Waals surface area (Å²) in [5.41, 5.74) is 1.53. The molecule has 0 saturated carbocycles. The monoisotopic (exact) mass is 308 g/mol. The molecule has 23 heavy (non-hydrogen) atoms. The van der Waals surface area contributed by atoms with E-state index in [9.17, 15) is 20.1 Å². The Morgan fingerprint density at radius 1 is 0.957 bits per heavy atom. The summed E-state index contributed by atoms with van der Waals surface area (Å²) >= 11 is 0. The average Bonchev–Trinajstić information content (AvgIpc) is 2.53. The number of phenols is 2. The highest BCUT2D eigenvalue weighted by Crippen LogP contribution is 2.40. The van der Waals surface area contributed by atoms with Crippen LogP contribution in [0.2, 0.25) is 0 Å². The van der Waals surface area contributed by atoms with Crippen molar-refractivity contribution in [3.05, 3.63) is 60.2 Å². The third kappa shape index (κ3) is 2.71. The molecule has 0 bridgehead atoms. The van der Waals surface area contributed by atoms with Crippen LogP contribution < -0.4 is 0 Å². The molecule has 1 unspecified atom stereocenters. The van der Waals surface area contributed by atoms with Gasteiger partial charge in [0.2, 0.25) is 0 Å². The van der Waals surface area contributed by atoms with Crippen LogP contribution in [0.1, 0.15) is 18.4 Å². The van der Waals surface area contributed by atoms with Crippen molar-refractivity contribution in [3.8, 4) is 22.6 Å². The molecule has 0 aliphatic heterocycles. The van der Waals surface area contributed by atoms with Gasteiger partial charge in [-0.1, -0.05) is 36.4 Å². The van der Waals surface area contributed by atoms with Gasteiger partial charge in [-0.15, -0.1) is 0 Å². The van der Waals surface area contributed by atoms with Gasteiger partial charge < -0.3 is 15.3 Å². The van der Waals surface area contributed by atoms with Crippen molar-refractivity contribution in [2.24, 2.45) is 0 Å². The molecular weight excluding hydrogens is 292 g/mol. The van der Waals surface area contributed by atoms with Crippen LogP contribution in [-0.2, 0) is 4.79 Å². The minimum absolute atomic E-state index is 0.136. The molecule has 0 spiro atoms. The van der Waals surface area contributed by atoms with Crippen LogP contribution in [0.3, 0.4) is 0 Å². The van der Waals surface area contributed by atoms with E-state index in [0.29, 0.717) is 16.7 Å². The Kier molecular flexibility index (Phi) is 3.66. The number of carbonyl (C=O) groups is 1. The fourth-order valence-corrected chi connectivity index (χ4v) is 2.77. The van der Waals surface area contributed by atoms with E-state index < -0.39 is 11.9 Å². The van der Waals surface area contributed by atoms with E-state index in [1.807, 2.05) is 42.5 Å². The van der Waals surface area contributed by atoms with Gasteiger partial charge >= 0.3 is 5.97 Å². The molecular formula is C19H16O4. The number of phenolic OH excluding ortho intramolecular Hbond substituents is 2. The zero-order valence-electron chi connectivity index (χ0n) is 12.5. The van der Waals surface area contributed by atoms with E-state index in [-0.39, 0.29) is 11.5 Å². The molecule has 0 aliphatic rings. The first-order valence-corrected chi connectivity index (χ1v) is 7.25. The van der Waals surface area contributed by atoms with Crippen LogP contribution in [0.4, 0.5) is 0 Å². The molecule has 0 amide bonds. The van der Waals surface area contributed by atoms with Gasteiger partial charge in [-0.25, -0.2) is 0 Å². The second-order valence-electron chi connectivity index (χ2n) is 5.55. The quantitative estimate of drug-likeness (QED) is 0.680. The van der Waals surface area contributed by atoms with Crippen LogP contribution >= 0.6 is 0 Å². The third-order valence-corrected chi connectivity index (χ3v) is 4.01. The predicted octanol–water partition coefficient (Wildman–Crippen LogP) is 4.11. The zero-order valence-corrected chi connectivity index (χ0v) is 12.5. The van der Waals surface area contributed by atoms with Gasteiger partial charge in [-0.2, -0.15) is 0 Å². The first kappa shape index (κ1) is 14.9. The highest BCUT2D eigenvalue weighted by atomic mass is 16.4. The lowest BCUT2D eigenvalue weighted by atomic mass is 9.89. The van der Waals surface area contributed by atoms with Gasteiger partial charge in [0.05, 0.1) is 5.92 Å².